The molecule has 1 spiro atoms. The zero-order valence-electron chi connectivity index (χ0n) is 15.0. The predicted molar refractivity (Wildman–Crippen MR) is 100 cm³/mol. The van der Waals surface area contributed by atoms with Gasteiger partial charge in [-0.2, -0.15) is 17.0 Å². The van der Waals surface area contributed by atoms with Crippen LogP contribution in [-0.2, 0) is 19.7 Å². The van der Waals surface area contributed by atoms with E-state index in [-0.39, 0.29) is 18.2 Å². The molecule has 4 rings (SSSR count). The minimum Gasteiger partial charge on any atom is -0.347 e. The summed E-state index contributed by atoms with van der Waals surface area (Å²) in [6.45, 7) is 3.25. The fourth-order valence-corrected chi connectivity index (χ4v) is 5.73. The SMILES string of the molecule is Cl.O=S(=O)(N1CCC2(CC1)OCCO2)N1CCNCC1c1cccc(F)c1. The third-order valence-corrected chi connectivity index (χ3v) is 7.40. The first-order valence-electron chi connectivity index (χ1n) is 9.01. The average Bonchev–Trinajstić information content (AvgIpc) is 3.10. The number of benzene rings is 1. The van der Waals surface area contributed by atoms with Crippen molar-refractivity contribution >= 4 is 22.6 Å². The molecule has 0 aromatic heterocycles. The predicted octanol–water partition coefficient (Wildman–Crippen LogP) is 1.28. The largest absolute Gasteiger partial charge is 0.347 e. The summed E-state index contributed by atoms with van der Waals surface area (Å²) in [7, 11) is -3.65. The van der Waals surface area contributed by atoms with Crippen LogP contribution in [0.3, 0.4) is 0 Å². The van der Waals surface area contributed by atoms with Crippen LogP contribution >= 0.6 is 12.4 Å². The summed E-state index contributed by atoms with van der Waals surface area (Å²) in [5.74, 6) is -0.974. The van der Waals surface area contributed by atoms with Crippen molar-refractivity contribution in [1.82, 2.24) is 13.9 Å². The van der Waals surface area contributed by atoms with Crippen LogP contribution in [0, 0.1) is 5.82 Å². The number of rotatable bonds is 3. The lowest BCUT2D eigenvalue weighted by atomic mass is 10.1. The van der Waals surface area contributed by atoms with Crippen LogP contribution in [0.1, 0.15) is 24.4 Å². The number of piperazine rings is 1. The molecule has 27 heavy (non-hydrogen) atoms. The van der Waals surface area contributed by atoms with Crippen molar-refractivity contribution in [3.05, 3.63) is 35.6 Å². The first-order valence-corrected chi connectivity index (χ1v) is 10.4. The molecule has 3 aliphatic rings. The number of nitrogens with zero attached hydrogens (tertiary/aromatic N) is 2. The summed E-state index contributed by atoms with van der Waals surface area (Å²) < 4.78 is 54.5. The lowest BCUT2D eigenvalue weighted by molar-refractivity contribution is -0.179. The Morgan fingerprint density at radius 1 is 1.15 bits per heavy atom. The topological polar surface area (TPSA) is 71.1 Å². The molecular weight excluding hydrogens is 397 g/mol. The van der Waals surface area contributed by atoms with Crippen LogP contribution in [-0.4, -0.2) is 68.8 Å². The normalized spacial score (nSPS) is 26.8. The molecule has 0 radical (unpaired) electrons. The van der Waals surface area contributed by atoms with Gasteiger partial charge in [-0.25, -0.2) is 4.39 Å². The van der Waals surface area contributed by atoms with Crippen LogP contribution in [0.25, 0.3) is 0 Å². The minimum absolute atomic E-state index is 0. The second-order valence-corrected chi connectivity index (χ2v) is 8.78. The van der Waals surface area contributed by atoms with E-state index in [4.69, 9.17) is 9.47 Å². The lowest BCUT2D eigenvalue weighted by Crippen LogP contribution is -2.56. The molecule has 1 atom stereocenters. The number of halogens is 2. The number of ether oxygens (including phenoxy) is 2. The van der Waals surface area contributed by atoms with Crippen LogP contribution < -0.4 is 5.32 Å². The summed E-state index contributed by atoms with van der Waals surface area (Å²) in [4.78, 5) is 0. The average molecular weight is 422 g/mol. The number of nitrogens with one attached hydrogen (secondary N) is 1. The smallest absolute Gasteiger partial charge is 0.282 e. The molecule has 1 aromatic carbocycles. The highest BCUT2D eigenvalue weighted by atomic mass is 35.5. The first-order chi connectivity index (χ1) is 12.5. The van der Waals surface area contributed by atoms with Gasteiger partial charge in [-0.15, -0.1) is 12.4 Å². The van der Waals surface area contributed by atoms with Crippen molar-refractivity contribution in [3.63, 3.8) is 0 Å². The third-order valence-electron chi connectivity index (χ3n) is 5.35. The molecule has 10 heteroatoms. The van der Waals surface area contributed by atoms with E-state index >= 15 is 0 Å². The molecule has 1 unspecified atom stereocenters. The molecule has 152 valence electrons. The Bertz CT molecular complexity index is 750. The number of piperidine rings is 1. The Hall–Kier alpha value is -0.810. The van der Waals surface area contributed by atoms with Gasteiger partial charge in [-0.05, 0) is 17.7 Å². The standard InChI is InChI=1S/C17H24FN3O4S.ClH/c18-15-3-1-2-14(12-15)16-13-19-6-9-21(16)26(22,23)20-7-4-17(5-8-20)24-10-11-25-17;/h1-3,12,16,19H,4-11,13H2;1H. The molecule has 3 saturated heterocycles. The summed E-state index contributed by atoms with van der Waals surface area (Å²) in [5.41, 5.74) is 0.664. The minimum atomic E-state index is -3.65. The maximum absolute atomic E-state index is 13.6. The van der Waals surface area contributed by atoms with Crippen molar-refractivity contribution < 1.29 is 22.3 Å². The van der Waals surface area contributed by atoms with Gasteiger partial charge in [0.25, 0.3) is 10.2 Å². The van der Waals surface area contributed by atoms with Crippen LogP contribution in [0.15, 0.2) is 24.3 Å². The van der Waals surface area contributed by atoms with Gasteiger partial charge in [0, 0.05) is 45.6 Å². The molecule has 1 aromatic rings. The molecule has 3 heterocycles. The molecule has 3 aliphatic heterocycles. The van der Waals surface area contributed by atoms with Gasteiger partial charge < -0.3 is 14.8 Å². The van der Waals surface area contributed by atoms with Crippen LogP contribution in [0.4, 0.5) is 4.39 Å². The van der Waals surface area contributed by atoms with Crippen LogP contribution in [0.5, 0.6) is 0 Å². The Morgan fingerprint density at radius 2 is 1.85 bits per heavy atom. The lowest BCUT2D eigenvalue weighted by Gasteiger charge is -2.42. The Labute approximate surface area is 165 Å². The maximum Gasteiger partial charge on any atom is 0.282 e. The van der Waals surface area contributed by atoms with Crippen molar-refractivity contribution in [1.29, 1.82) is 0 Å². The van der Waals surface area contributed by atoms with Gasteiger partial charge in [-0.3, -0.25) is 0 Å². The quantitative estimate of drug-likeness (QED) is 0.796. The molecule has 3 fully saturated rings. The van der Waals surface area contributed by atoms with E-state index in [9.17, 15) is 12.8 Å². The molecular formula is C17H25ClFN3O4S. The van der Waals surface area contributed by atoms with Gasteiger partial charge in [0.2, 0.25) is 0 Å². The van der Waals surface area contributed by atoms with Gasteiger partial charge in [-0.1, -0.05) is 12.1 Å². The second-order valence-electron chi connectivity index (χ2n) is 6.90. The van der Waals surface area contributed by atoms with Gasteiger partial charge >= 0.3 is 0 Å². The Morgan fingerprint density at radius 3 is 2.52 bits per heavy atom. The monoisotopic (exact) mass is 421 g/mol. The third kappa shape index (κ3) is 4.14. The van der Waals surface area contributed by atoms with E-state index in [1.807, 2.05) is 0 Å². The number of hydrogen-bond donors (Lipinski definition) is 1. The van der Waals surface area contributed by atoms with E-state index in [0.29, 0.717) is 64.3 Å². The molecule has 0 aliphatic carbocycles. The van der Waals surface area contributed by atoms with E-state index in [2.05, 4.69) is 5.32 Å². The van der Waals surface area contributed by atoms with Crippen LogP contribution in [0.2, 0.25) is 0 Å². The van der Waals surface area contributed by atoms with Gasteiger partial charge in [0.15, 0.2) is 5.79 Å². The highest BCUT2D eigenvalue weighted by molar-refractivity contribution is 7.86. The van der Waals surface area contributed by atoms with E-state index in [0.717, 1.165) is 0 Å². The Kier molecular flexibility index (Phi) is 6.41. The molecule has 0 saturated carbocycles. The highest BCUT2D eigenvalue weighted by Crippen LogP contribution is 2.34. The molecule has 7 nitrogen and oxygen atoms in total. The highest BCUT2D eigenvalue weighted by Gasteiger charge is 2.45. The van der Waals surface area contributed by atoms with Crippen molar-refractivity contribution in [2.45, 2.75) is 24.7 Å². The van der Waals surface area contributed by atoms with Gasteiger partial charge in [0.05, 0.1) is 19.3 Å². The van der Waals surface area contributed by atoms with Crippen molar-refractivity contribution in [3.8, 4) is 0 Å². The Balaban J connectivity index is 0.00000210. The summed E-state index contributed by atoms with van der Waals surface area (Å²) in [6, 6.07) is 5.74. The maximum atomic E-state index is 13.6. The van der Waals surface area contributed by atoms with E-state index in [1.165, 1.54) is 20.7 Å². The van der Waals surface area contributed by atoms with Gasteiger partial charge in [0.1, 0.15) is 5.82 Å². The van der Waals surface area contributed by atoms with E-state index in [1.54, 1.807) is 12.1 Å². The van der Waals surface area contributed by atoms with Crippen molar-refractivity contribution in [2.24, 2.45) is 0 Å². The summed E-state index contributed by atoms with van der Waals surface area (Å²) in [6.07, 6.45) is 1.06. The zero-order chi connectivity index (χ0) is 18.2. The first kappa shape index (κ1) is 20.9. The zero-order valence-corrected chi connectivity index (χ0v) is 16.6. The summed E-state index contributed by atoms with van der Waals surface area (Å²) >= 11 is 0. The summed E-state index contributed by atoms with van der Waals surface area (Å²) in [5, 5.41) is 3.21. The van der Waals surface area contributed by atoms with E-state index < -0.39 is 22.0 Å². The fourth-order valence-electron chi connectivity index (χ4n) is 3.95. The second kappa shape index (κ2) is 8.28. The fraction of sp³-hybridized carbons (Fsp3) is 0.647. The molecule has 0 amide bonds. The molecule has 1 N–H and O–H groups in total. The van der Waals surface area contributed by atoms with Crippen molar-refractivity contribution in [2.75, 3.05) is 45.9 Å². The molecule has 0 bridgehead atoms. The number of hydrogen-bond acceptors (Lipinski definition) is 5.